The van der Waals surface area contributed by atoms with Gasteiger partial charge in [-0.1, -0.05) is 5.16 Å². The molecule has 0 fully saturated rings. The van der Waals surface area contributed by atoms with Crippen molar-refractivity contribution in [2.75, 3.05) is 13.7 Å². The molecule has 2 aromatic rings. The third-order valence-corrected chi connectivity index (χ3v) is 4.49. The second kappa shape index (κ2) is 5.33. The van der Waals surface area contributed by atoms with Crippen molar-refractivity contribution in [3.8, 4) is 0 Å². The molecule has 1 unspecified atom stereocenters. The molecule has 0 spiro atoms. The number of ether oxygens (including phenoxy) is 1. The van der Waals surface area contributed by atoms with Gasteiger partial charge in [0, 0.05) is 17.5 Å². The number of carbonyl (C=O) groups is 2. The second-order valence-electron chi connectivity index (χ2n) is 4.80. The van der Waals surface area contributed by atoms with Gasteiger partial charge in [-0.25, -0.2) is 4.79 Å². The highest BCUT2D eigenvalue weighted by atomic mass is 32.1. The van der Waals surface area contributed by atoms with Gasteiger partial charge in [0.05, 0.1) is 7.11 Å². The quantitative estimate of drug-likeness (QED) is 0.793. The van der Waals surface area contributed by atoms with E-state index in [0.717, 1.165) is 16.9 Å². The van der Waals surface area contributed by atoms with Crippen molar-refractivity contribution in [3.05, 3.63) is 39.4 Å². The summed E-state index contributed by atoms with van der Waals surface area (Å²) in [6, 6.07) is 2.73. The lowest BCUT2D eigenvalue weighted by molar-refractivity contribution is -0.146. The molecule has 0 saturated heterocycles. The molecule has 1 atom stereocenters. The van der Waals surface area contributed by atoms with Gasteiger partial charge in [-0.2, -0.15) is 0 Å². The van der Waals surface area contributed by atoms with E-state index in [1.807, 2.05) is 11.4 Å². The molecule has 2 aromatic heterocycles. The van der Waals surface area contributed by atoms with Gasteiger partial charge in [-0.05, 0) is 30.4 Å². The Morgan fingerprint density at radius 2 is 2.33 bits per heavy atom. The zero-order valence-electron chi connectivity index (χ0n) is 11.7. The number of nitrogens with zero attached hydrogens (tertiary/aromatic N) is 2. The zero-order chi connectivity index (χ0) is 15.0. The molecule has 3 rings (SSSR count). The Hall–Kier alpha value is -2.15. The van der Waals surface area contributed by atoms with Gasteiger partial charge in [0.1, 0.15) is 5.76 Å². The lowest BCUT2D eigenvalue weighted by Gasteiger charge is -2.33. The number of rotatable bonds is 2. The van der Waals surface area contributed by atoms with Crippen LogP contribution in [0.25, 0.3) is 0 Å². The van der Waals surface area contributed by atoms with Gasteiger partial charge in [0.15, 0.2) is 11.7 Å². The lowest BCUT2D eigenvalue weighted by atomic mass is 9.99. The Bertz CT molecular complexity index is 691. The number of esters is 1. The summed E-state index contributed by atoms with van der Waals surface area (Å²) in [6.07, 6.45) is 0.725. The highest BCUT2D eigenvalue weighted by Gasteiger charge is 2.38. The van der Waals surface area contributed by atoms with Crippen molar-refractivity contribution in [1.29, 1.82) is 0 Å². The van der Waals surface area contributed by atoms with E-state index in [1.54, 1.807) is 24.3 Å². The first-order valence-electron chi connectivity index (χ1n) is 6.50. The summed E-state index contributed by atoms with van der Waals surface area (Å²) in [5.74, 6) is -0.205. The molecule has 3 heterocycles. The SMILES string of the molecule is COC(=O)C1c2ccsc2CCN1C(=O)c1cc(C)on1. The molecule has 7 heteroatoms. The third-order valence-electron chi connectivity index (χ3n) is 3.50. The normalized spacial score (nSPS) is 17.4. The van der Waals surface area contributed by atoms with Crippen molar-refractivity contribution >= 4 is 23.2 Å². The molecule has 1 aliphatic rings. The molecule has 0 bridgehead atoms. The van der Waals surface area contributed by atoms with Crippen LogP contribution in [-0.2, 0) is 16.0 Å². The Morgan fingerprint density at radius 3 is 3.00 bits per heavy atom. The topological polar surface area (TPSA) is 72.6 Å². The minimum Gasteiger partial charge on any atom is -0.467 e. The van der Waals surface area contributed by atoms with E-state index < -0.39 is 12.0 Å². The lowest BCUT2D eigenvalue weighted by Crippen LogP contribution is -2.43. The van der Waals surface area contributed by atoms with Crippen LogP contribution in [0.15, 0.2) is 22.0 Å². The van der Waals surface area contributed by atoms with Crippen molar-refractivity contribution in [2.45, 2.75) is 19.4 Å². The van der Waals surface area contributed by atoms with Crippen LogP contribution in [0, 0.1) is 6.92 Å². The van der Waals surface area contributed by atoms with Gasteiger partial charge in [-0.15, -0.1) is 11.3 Å². The number of thiophene rings is 1. The van der Waals surface area contributed by atoms with E-state index in [-0.39, 0.29) is 11.6 Å². The van der Waals surface area contributed by atoms with Crippen molar-refractivity contribution in [1.82, 2.24) is 10.1 Å². The first-order valence-corrected chi connectivity index (χ1v) is 7.38. The fourth-order valence-electron chi connectivity index (χ4n) is 2.52. The van der Waals surface area contributed by atoms with Crippen LogP contribution in [0.1, 0.15) is 32.7 Å². The molecule has 21 heavy (non-hydrogen) atoms. The van der Waals surface area contributed by atoms with Crippen molar-refractivity contribution in [2.24, 2.45) is 0 Å². The molecule has 0 radical (unpaired) electrons. The number of aryl methyl sites for hydroxylation is 1. The van der Waals surface area contributed by atoms with Gasteiger partial charge in [0.2, 0.25) is 0 Å². The summed E-state index contributed by atoms with van der Waals surface area (Å²) in [6.45, 7) is 2.17. The van der Waals surface area contributed by atoms with Gasteiger partial charge in [0.25, 0.3) is 5.91 Å². The summed E-state index contributed by atoms with van der Waals surface area (Å²) in [5.41, 5.74) is 1.05. The number of carbonyl (C=O) groups excluding carboxylic acids is 2. The van der Waals surface area contributed by atoms with Gasteiger partial charge >= 0.3 is 5.97 Å². The molecule has 0 aliphatic carbocycles. The number of methoxy groups -OCH3 is 1. The average molecular weight is 306 g/mol. The van der Waals surface area contributed by atoms with Crippen LogP contribution in [0.4, 0.5) is 0 Å². The summed E-state index contributed by atoms with van der Waals surface area (Å²) < 4.78 is 9.81. The molecule has 1 aliphatic heterocycles. The number of aromatic nitrogens is 1. The number of fused-ring (bicyclic) bond motifs is 1. The number of hydrogen-bond donors (Lipinski definition) is 0. The molecule has 110 valence electrons. The Morgan fingerprint density at radius 1 is 1.52 bits per heavy atom. The third kappa shape index (κ3) is 2.33. The van der Waals surface area contributed by atoms with Crippen LogP contribution >= 0.6 is 11.3 Å². The fraction of sp³-hybridized carbons (Fsp3) is 0.357. The van der Waals surface area contributed by atoms with Crippen LogP contribution in [0.5, 0.6) is 0 Å². The zero-order valence-corrected chi connectivity index (χ0v) is 12.5. The maximum atomic E-state index is 12.6. The highest BCUT2D eigenvalue weighted by molar-refractivity contribution is 7.10. The summed E-state index contributed by atoms with van der Waals surface area (Å²) in [5, 5.41) is 5.66. The maximum absolute atomic E-state index is 12.6. The number of hydrogen-bond acceptors (Lipinski definition) is 6. The fourth-order valence-corrected chi connectivity index (χ4v) is 3.42. The van der Waals surface area contributed by atoms with E-state index in [2.05, 4.69) is 5.16 Å². The average Bonchev–Trinajstić information content (AvgIpc) is 3.13. The molecule has 0 N–H and O–H groups in total. The Kier molecular flexibility index (Phi) is 3.50. The minimum atomic E-state index is -0.713. The smallest absolute Gasteiger partial charge is 0.333 e. The summed E-state index contributed by atoms with van der Waals surface area (Å²) in [7, 11) is 1.33. The number of amides is 1. The standard InChI is InChI=1S/C14H14N2O4S/c1-8-7-10(15-20-8)13(17)16-5-3-11-9(4-6-21-11)12(16)14(18)19-2/h4,6-7,12H,3,5H2,1-2H3. The van der Waals surface area contributed by atoms with Gasteiger partial charge < -0.3 is 14.2 Å². The first-order chi connectivity index (χ1) is 10.1. The van der Waals surface area contributed by atoms with Crippen molar-refractivity contribution in [3.63, 3.8) is 0 Å². The predicted molar refractivity (Wildman–Crippen MR) is 75.1 cm³/mol. The molecule has 1 amide bonds. The van der Waals surface area contributed by atoms with Crippen LogP contribution in [0.3, 0.4) is 0 Å². The first kappa shape index (κ1) is 13.8. The van der Waals surface area contributed by atoms with Crippen LogP contribution < -0.4 is 0 Å². The van der Waals surface area contributed by atoms with Crippen LogP contribution in [-0.4, -0.2) is 35.6 Å². The van der Waals surface area contributed by atoms with E-state index in [1.165, 1.54) is 12.0 Å². The Balaban J connectivity index is 1.97. The van der Waals surface area contributed by atoms with Crippen LogP contribution in [0.2, 0.25) is 0 Å². The second-order valence-corrected chi connectivity index (χ2v) is 5.80. The summed E-state index contributed by atoms with van der Waals surface area (Å²) >= 11 is 1.59. The van der Waals surface area contributed by atoms with E-state index in [0.29, 0.717) is 12.3 Å². The largest absolute Gasteiger partial charge is 0.467 e. The monoisotopic (exact) mass is 306 g/mol. The highest BCUT2D eigenvalue weighted by Crippen LogP contribution is 2.34. The molecule has 6 nitrogen and oxygen atoms in total. The van der Waals surface area contributed by atoms with E-state index >= 15 is 0 Å². The molecular formula is C14H14N2O4S. The van der Waals surface area contributed by atoms with E-state index in [4.69, 9.17) is 9.26 Å². The Labute approximate surface area is 125 Å². The summed E-state index contributed by atoms with van der Waals surface area (Å²) in [4.78, 5) is 27.3. The molecular weight excluding hydrogens is 292 g/mol. The maximum Gasteiger partial charge on any atom is 0.333 e. The molecule has 0 aromatic carbocycles. The van der Waals surface area contributed by atoms with Gasteiger partial charge in [-0.3, -0.25) is 4.79 Å². The predicted octanol–water partition coefficient (Wildman–Crippen LogP) is 1.96. The van der Waals surface area contributed by atoms with Crippen molar-refractivity contribution < 1.29 is 18.8 Å². The molecule has 0 saturated carbocycles. The van der Waals surface area contributed by atoms with E-state index in [9.17, 15) is 9.59 Å². The minimum absolute atomic E-state index is 0.208.